The summed E-state index contributed by atoms with van der Waals surface area (Å²) in [6.07, 6.45) is 0.779. The van der Waals surface area contributed by atoms with Gasteiger partial charge in [-0.2, -0.15) is 0 Å². The zero-order valence-corrected chi connectivity index (χ0v) is 14.1. The van der Waals surface area contributed by atoms with Gasteiger partial charge in [0, 0.05) is 18.5 Å². The van der Waals surface area contributed by atoms with Crippen LogP contribution in [-0.4, -0.2) is 40.7 Å². The van der Waals surface area contributed by atoms with E-state index in [4.69, 9.17) is 4.52 Å². The molecule has 1 fully saturated rings. The van der Waals surface area contributed by atoms with E-state index in [-0.39, 0.29) is 17.6 Å². The fraction of sp³-hybridized carbons (Fsp3) is 0.444. The number of rotatable bonds is 5. The van der Waals surface area contributed by atoms with Gasteiger partial charge in [-0.15, -0.1) is 0 Å². The first-order valence-electron chi connectivity index (χ1n) is 8.41. The maximum atomic E-state index is 12.9. The Morgan fingerprint density at radius 3 is 2.68 bits per heavy atom. The molecule has 1 unspecified atom stereocenters. The summed E-state index contributed by atoms with van der Waals surface area (Å²) in [5.74, 6) is 0.657. The van der Waals surface area contributed by atoms with Crippen molar-refractivity contribution in [2.75, 3.05) is 25.0 Å². The maximum absolute atomic E-state index is 12.9. The van der Waals surface area contributed by atoms with Crippen molar-refractivity contribution >= 4 is 11.7 Å². The number of carbonyl (C=O) groups is 1. The van der Waals surface area contributed by atoms with Gasteiger partial charge in [-0.1, -0.05) is 17.3 Å². The minimum atomic E-state index is -0.663. The van der Waals surface area contributed by atoms with Crippen molar-refractivity contribution in [3.05, 3.63) is 47.5 Å². The molecule has 2 N–H and O–H groups in total. The zero-order valence-electron chi connectivity index (χ0n) is 14.1. The summed E-state index contributed by atoms with van der Waals surface area (Å²) in [4.78, 5) is 14.4. The number of nitrogens with zero attached hydrogens (tertiary/aromatic N) is 2. The first-order valence-corrected chi connectivity index (χ1v) is 8.41. The second kappa shape index (κ2) is 7.76. The Hall–Kier alpha value is -2.25. The van der Waals surface area contributed by atoms with Crippen LogP contribution in [0.2, 0.25) is 0 Å². The molecular formula is C18H22FN3O3. The number of aliphatic hydroxyl groups is 1. The molecule has 2 aromatic rings. The number of nitrogens with one attached hydrogen (secondary N) is 1. The summed E-state index contributed by atoms with van der Waals surface area (Å²) in [5, 5.41) is 16.8. The van der Waals surface area contributed by atoms with Gasteiger partial charge in [0.1, 0.15) is 11.6 Å². The van der Waals surface area contributed by atoms with Crippen LogP contribution in [0.5, 0.6) is 0 Å². The monoisotopic (exact) mass is 347 g/mol. The smallest absolute Gasteiger partial charge is 0.228 e. The highest BCUT2D eigenvalue weighted by Gasteiger charge is 2.26. The fourth-order valence-corrected chi connectivity index (χ4v) is 3.07. The molecule has 1 amide bonds. The average Bonchev–Trinajstić information content (AvgIpc) is 3.01. The van der Waals surface area contributed by atoms with Gasteiger partial charge in [-0.25, -0.2) is 4.39 Å². The first-order chi connectivity index (χ1) is 12.0. The maximum Gasteiger partial charge on any atom is 0.228 e. The number of hydrogen-bond donors (Lipinski definition) is 2. The van der Waals surface area contributed by atoms with Gasteiger partial charge in [-0.3, -0.25) is 4.79 Å². The van der Waals surface area contributed by atoms with Crippen LogP contribution < -0.4 is 5.32 Å². The van der Waals surface area contributed by atoms with Crippen LogP contribution in [0, 0.1) is 18.7 Å². The summed E-state index contributed by atoms with van der Waals surface area (Å²) in [7, 11) is 0. The highest BCUT2D eigenvalue weighted by Crippen LogP contribution is 2.22. The van der Waals surface area contributed by atoms with E-state index in [9.17, 15) is 14.3 Å². The van der Waals surface area contributed by atoms with Crippen molar-refractivity contribution < 1.29 is 18.8 Å². The van der Waals surface area contributed by atoms with E-state index in [1.807, 2.05) is 0 Å². The summed E-state index contributed by atoms with van der Waals surface area (Å²) in [6, 6.07) is 7.58. The average molecular weight is 347 g/mol. The molecule has 1 aromatic carbocycles. The topological polar surface area (TPSA) is 78.6 Å². The van der Waals surface area contributed by atoms with Crippen molar-refractivity contribution in [2.45, 2.75) is 25.9 Å². The van der Waals surface area contributed by atoms with Gasteiger partial charge < -0.3 is 19.8 Å². The Morgan fingerprint density at radius 2 is 2.08 bits per heavy atom. The quantitative estimate of drug-likeness (QED) is 0.869. The van der Waals surface area contributed by atoms with Gasteiger partial charge in [-0.05, 0) is 50.6 Å². The van der Waals surface area contributed by atoms with Crippen molar-refractivity contribution in [3.63, 3.8) is 0 Å². The van der Waals surface area contributed by atoms with E-state index < -0.39 is 6.10 Å². The number of aliphatic hydroxyl groups excluding tert-OH is 1. The number of anilines is 1. The number of benzene rings is 1. The Labute approximate surface area is 145 Å². The molecule has 2 heterocycles. The fourth-order valence-electron chi connectivity index (χ4n) is 3.07. The van der Waals surface area contributed by atoms with Crippen LogP contribution in [0.15, 0.2) is 34.9 Å². The molecular weight excluding hydrogens is 325 g/mol. The number of likely N-dealkylation sites (tertiary alicyclic amines) is 1. The van der Waals surface area contributed by atoms with E-state index in [1.165, 1.54) is 12.1 Å². The lowest BCUT2D eigenvalue weighted by Gasteiger charge is -2.32. The molecule has 7 heteroatoms. The highest BCUT2D eigenvalue weighted by atomic mass is 19.1. The van der Waals surface area contributed by atoms with Crippen LogP contribution in [0.1, 0.15) is 30.3 Å². The highest BCUT2D eigenvalue weighted by molar-refractivity contribution is 5.91. The van der Waals surface area contributed by atoms with Crippen molar-refractivity contribution in [3.8, 4) is 0 Å². The summed E-state index contributed by atoms with van der Waals surface area (Å²) in [5.41, 5.74) is 0.697. The Balaban J connectivity index is 1.46. The number of amides is 1. The van der Waals surface area contributed by atoms with Gasteiger partial charge in [0.2, 0.25) is 5.91 Å². The van der Waals surface area contributed by atoms with Crippen LogP contribution >= 0.6 is 0 Å². The third-order valence-electron chi connectivity index (χ3n) is 4.52. The van der Waals surface area contributed by atoms with Crippen molar-refractivity contribution in [1.29, 1.82) is 0 Å². The molecule has 1 saturated heterocycles. The Kier molecular flexibility index (Phi) is 5.45. The Bertz CT molecular complexity index is 709. The normalized spacial score (nSPS) is 17.4. The van der Waals surface area contributed by atoms with Gasteiger partial charge in [0.25, 0.3) is 0 Å². The Morgan fingerprint density at radius 1 is 1.40 bits per heavy atom. The minimum Gasteiger partial charge on any atom is -0.387 e. The predicted molar refractivity (Wildman–Crippen MR) is 90.4 cm³/mol. The molecule has 0 spiro atoms. The van der Waals surface area contributed by atoms with E-state index in [2.05, 4.69) is 15.4 Å². The van der Waals surface area contributed by atoms with Crippen LogP contribution in [0.25, 0.3) is 0 Å². The second-order valence-corrected chi connectivity index (χ2v) is 6.45. The van der Waals surface area contributed by atoms with Crippen LogP contribution in [0.3, 0.4) is 0 Å². The zero-order chi connectivity index (χ0) is 17.8. The molecule has 0 bridgehead atoms. The number of carbonyl (C=O) groups excluding carboxylic acids is 1. The molecule has 1 aromatic heterocycles. The molecule has 0 saturated carbocycles. The van der Waals surface area contributed by atoms with Gasteiger partial charge >= 0.3 is 0 Å². The minimum absolute atomic E-state index is 0.0490. The van der Waals surface area contributed by atoms with E-state index in [1.54, 1.807) is 25.1 Å². The SMILES string of the molecule is Cc1cc(NC(=O)C2CCN(CC(O)c3ccc(F)cc3)CC2)no1. The van der Waals surface area contributed by atoms with E-state index in [0.717, 1.165) is 25.9 Å². The number of halogens is 1. The lowest BCUT2D eigenvalue weighted by molar-refractivity contribution is -0.121. The van der Waals surface area contributed by atoms with E-state index >= 15 is 0 Å². The third kappa shape index (κ3) is 4.64. The number of aromatic nitrogens is 1. The molecule has 1 aliphatic rings. The molecule has 1 atom stereocenters. The molecule has 0 aliphatic carbocycles. The standard InChI is InChI=1S/C18H22FN3O3/c1-12-10-17(21-25-12)20-18(24)14-6-8-22(9-7-14)11-16(23)13-2-4-15(19)5-3-13/h2-5,10,14,16,23H,6-9,11H2,1H3,(H,20,21,24). The summed E-state index contributed by atoms with van der Waals surface area (Å²) >= 11 is 0. The number of hydrogen-bond acceptors (Lipinski definition) is 5. The molecule has 3 rings (SSSR count). The largest absolute Gasteiger partial charge is 0.387 e. The number of β-amino-alcohol motifs (C(OH)–C–C–N with tert-alkyl or cyclic N) is 1. The van der Waals surface area contributed by atoms with Crippen LogP contribution in [-0.2, 0) is 4.79 Å². The number of piperidine rings is 1. The number of aryl methyl sites for hydroxylation is 1. The second-order valence-electron chi connectivity index (χ2n) is 6.45. The lowest BCUT2D eigenvalue weighted by atomic mass is 9.95. The van der Waals surface area contributed by atoms with Gasteiger partial charge in [0.15, 0.2) is 5.82 Å². The van der Waals surface area contributed by atoms with Crippen molar-refractivity contribution in [1.82, 2.24) is 10.1 Å². The van der Waals surface area contributed by atoms with E-state index in [0.29, 0.717) is 23.7 Å². The van der Waals surface area contributed by atoms with Crippen molar-refractivity contribution in [2.24, 2.45) is 5.92 Å². The molecule has 134 valence electrons. The van der Waals surface area contributed by atoms with Crippen LogP contribution in [0.4, 0.5) is 10.2 Å². The molecule has 1 aliphatic heterocycles. The lowest BCUT2D eigenvalue weighted by Crippen LogP contribution is -2.40. The third-order valence-corrected chi connectivity index (χ3v) is 4.52. The molecule has 6 nitrogen and oxygen atoms in total. The summed E-state index contributed by atoms with van der Waals surface area (Å²) in [6.45, 7) is 3.71. The predicted octanol–water partition coefficient (Wildman–Crippen LogP) is 2.51. The van der Waals surface area contributed by atoms with Gasteiger partial charge in [0.05, 0.1) is 6.10 Å². The summed E-state index contributed by atoms with van der Waals surface area (Å²) < 4.78 is 17.9. The molecule has 25 heavy (non-hydrogen) atoms. The molecule has 0 radical (unpaired) electrons. The first kappa shape index (κ1) is 17.6.